The summed E-state index contributed by atoms with van der Waals surface area (Å²) in [6.45, 7) is 16.4. The van der Waals surface area contributed by atoms with Crippen molar-refractivity contribution < 1.29 is 4.42 Å². The Bertz CT molecular complexity index is 420. The Balaban J connectivity index is 1.82. The lowest BCUT2D eigenvalue weighted by Crippen LogP contribution is -2.48. The summed E-state index contributed by atoms with van der Waals surface area (Å²) in [5, 5.41) is 3.45. The summed E-state index contributed by atoms with van der Waals surface area (Å²) < 4.78 is 5.93. The Hall–Kier alpha value is -0.840. The molecule has 1 fully saturated rings. The molecule has 4 nitrogen and oxygen atoms in total. The standard InChI is InChI=1S/C17H31N3O/c1-5-6-18-12-16-11-17(21-15(16)4)13-19-7-9-20(10-8-19)14(2)3/h11,14,18H,5-10,12-13H2,1-4H3. The molecule has 1 aromatic heterocycles. The van der Waals surface area contributed by atoms with Crippen molar-refractivity contribution in [2.24, 2.45) is 0 Å². The number of piperazine rings is 1. The highest BCUT2D eigenvalue weighted by Crippen LogP contribution is 2.17. The van der Waals surface area contributed by atoms with Gasteiger partial charge in [-0.1, -0.05) is 6.92 Å². The molecule has 1 aliphatic heterocycles. The summed E-state index contributed by atoms with van der Waals surface area (Å²) >= 11 is 0. The molecule has 120 valence electrons. The van der Waals surface area contributed by atoms with Crippen LogP contribution < -0.4 is 5.32 Å². The van der Waals surface area contributed by atoms with E-state index in [1.165, 1.54) is 25.1 Å². The zero-order valence-corrected chi connectivity index (χ0v) is 14.1. The average Bonchev–Trinajstić information content (AvgIpc) is 2.80. The molecule has 1 aliphatic rings. The van der Waals surface area contributed by atoms with Gasteiger partial charge in [0.1, 0.15) is 11.5 Å². The van der Waals surface area contributed by atoms with Crippen molar-refractivity contribution in [3.8, 4) is 0 Å². The minimum absolute atomic E-state index is 0.661. The van der Waals surface area contributed by atoms with E-state index >= 15 is 0 Å². The second kappa shape index (κ2) is 7.97. The van der Waals surface area contributed by atoms with Gasteiger partial charge in [0.25, 0.3) is 0 Å². The van der Waals surface area contributed by atoms with Crippen LogP contribution in [0.2, 0.25) is 0 Å². The molecule has 0 amide bonds. The molecule has 2 rings (SSSR count). The van der Waals surface area contributed by atoms with Crippen LogP contribution in [-0.2, 0) is 13.1 Å². The largest absolute Gasteiger partial charge is 0.465 e. The van der Waals surface area contributed by atoms with E-state index in [-0.39, 0.29) is 0 Å². The van der Waals surface area contributed by atoms with E-state index in [9.17, 15) is 0 Å². The van der Waals surface area contributed by atoms with Gasteiger partial charge in [-0.25, -0.2) is 0 Å². The van der Waals surface area contributed by atoms with Crippen molar-refractivity contribution in [2.45, 2.75) is 53.2 Å². The van der Waals surface area contributed by atoms with Crippen LogP contribution in [0.1, 0.15) is 44.3 Å². The number of nitrogens with one attached hydrogen (secondary N) is 1. The molecule has 0 saturated carbocycles. The quantitative estimate of drug-likeness (QED) is 0.783. The highest BCUT2D eigenvalue weighted by Gasteiger charge is 2.20. The summed E-state index contributed by atoms with van der Waals surface area (Å²) in [5.41, 5.74) is 1.30. The Morgan fingerprint density at radius 3 is 2.57 bits per heavy atom. The Labute approximate surface area is 129 Å². The number of nitrogens with zero attached hydrogens (tertiary/aromatic N) is 2. The van der Waals surface area contributed by atoms with E-state index in [2.05, 4.69) is 48.9 Å². The molecule has 0 atom stereocenters. The first-order valence-electron chi connectivity index (χ1n) is 8.35. The molecule has 0 bridgehead atoms. The molecule has 1 saturated heterocycles. The molecule has 0 spiro atoms. The first-order chi connectivity index (χ1) is 10.1. The first-order valence-corrected chi connectivity index (χ1v) is 8.35. The maximum Gasteiger partial charge on any atom is 0.118 e. The number of furan rings is 1. The van der Waals surface area contributed by atoms with Crippen molar-refractivity contribution in [3.63, 3.8) is 0 Å². The van der Waals surface area contributed by atoms with Crippen LogP contribution in [0, 0.1) is 6.92 Å². The number of rotatable bonds is 7. The molecule has 0 radical (unpaired) electrons. The van der Waals surface area contributed by atoms with Crippen molar-refractivity contribution in [3.05, 3.63) is 23.2 Å². The van der Waals surface area contributed by atoms with Crippen molar-refractivity contribution in [1.29, 1.82) is 0 Å². The van der Waals surface area contributed by atoms with Gasteiger partial charge in [-0.05, 0) is 39.8 Å². The topological polar surface area (TPSA) is 31.6 Å². The Morgan fingerprint density at radius 2 is 1.95 bits per heavy atom. The van der Waals surface area contributed by atoms with Gasteiger partial charge >= 0.3 is 0 Å². The molecule has 4 heteroatoms. The lowest BCUT2D eigenvalue weighted by Gasteiger charge is -2.36. The summed E-state index contributed by atoms with van der Waals surface area (Å²) in [6, 6.07) is 2.89. The van der Waals surface area contributed by atoms with Crippen LogP contribution in [-0.4, -0.2) is 48.6 Å². The second-order valence-electron chi connectivity index (χ2n) is 6.38. The van der Waals surface area contributed by atoms with Gasteiger partial charge in [0.05, 0.1) is 6.54 Å². The molecule has 21 heavy (non-hydrogen) atoms. The molecule has 0 aromatic carbocycles. The normalized spacial score (nSPS) is 17.8. The monoisotopic (exact) mass is 293 g/mol. The number of hydrogen-bond acceptors (Lipinski definition) is 4. The van der Waals surface area contributed by atoms with Gasteiger partial charge in [0, 0.05) is 44.3 Å². The fraction of sp³-hybridized carbons (Fsp3) is 0.765. The van der Waals surface area contributed by atoms with E-state index in [1.807, 2.05) is 0 Å². The Morgan fingerprint density at radius 1 is 1.24 bits per heavy atom. The van der Waals surface area contributed by atoms with E-state index in [0.717, 1.165) is 44.2 Å². The van der Waals surface area contributed by atoms with Gasteiger partial charge in [-0.3, -0.25) is 9.80 Å². The lowest BCUT2D eigenvalue weighted by atomic mass is 10.2. The summed E-state index contributed by atoms with van der Waals surface area (Å²) in [6.07, 6.45) is 1.17. The predicted octanol–water partition coefficient (Wildman–Crippen LogP) is 2.61. The van der Waals surface area contributed by atoms with Crippen molar-refractivity contribution in [1.82, 2.24) is 15.1 Å². The van der Waals surface area contributed by atoms with Crippen LogP contribution in [0.3, 0.4) is 0 Å². The first kappa shape index (κ1) is 16.5. The van der Waals surface area contributed by atoms with Crippen molar-refractivity contribution in [2.75, 3.05) is 32.7 Å². The van der Waals surface area contributed by atoms with Crippen LogP contribution >= 0.6 is 0 Å². The third-order valence-corrected chi connectivity index (χ3v) is 4.33. The SMILES string of the molecule is CCCNCc1cc(CN2CCN(C(C)C)CC2)oc1C. The van der Waals surface area contributed by atoms with Gasteiger partial charge in [-0.15, -0.1) is 0 Å². The molecular formula is C17H31N3O. The van der Waals surface area contributed by atoms with E-state index < -0.39 is 0 Å². The molecule has 1 N–H and O–H groups in total. The summed E-state index contributed by atoms with van der Waals surface area (Å²) in [5.74, 6) is 2.17. The van der Waals surface area contributed by atoms with E-state index in [4.69, 9.17) is 4.42 Å². The zero-order chi connectivity index (χ0) is 15.2. The second-order valence-corrected chi connectivity index (χ2v) is 6.38. The molecule has 1 aromatic rings. The highest BCUT2D eigenvalue weighted by molar-refractivity contribution is 5.20. The van der Waals surface area contributed by atoms with Gasteiger partial charge in [-0.2, -0.15) is 0 Å². The minimum atomic E-state index is 0.661. The van der Waals surface area contributed by atoms with Crippen LogP contribution in [0.4, 0.5) is 0 Å². The highest BCUT2D eigenvalue weighted by atomic mass is 16.3. The maximum atomic E-state index is 5.93. The molecule has 0 unspecified atom stereocenters. The average molecular weight is 293 g/mol. The maximum absolute atomic E-state index is 5.93. The van der Waals surface area contributed by atoms with Gasteiger partial charge in [0.15, 0.2) is 0 Å². The van der Waals surface area contributed by atoms with Crippen LogP contribution in [0.5, 0.6) is 0 Å². The molecular weight excluding hydrogens is 262 g/mol. The predicted molar refractivity (Wildman–Crippen MR) is 87.4 cm³/mol. The summed E-state index contributed by atoms with van der Waals surface area (Å²) in [7, 11) is 0. The fourth-order valence-corrected chi connectivity index (χ4v) is 2.90. The van der Waals surface area contributed by atoms with Crippen LogP contribution in [0.25, 0.3) is 0 Å². The van der Waals surface area contributed by atoms with E-state index in [1.54, 1.807) is 0 Å². The summed E-state index contributed by atoms with van der Waals surface area (Å²) in [4.78, 5) is 5.05. The van der Waals surface area contributed by atoms with Gasteiger partial charge < -0.3 is 9.73 Å². The van der Waals surface area contributed by atoms with Gasteiger partial charge in [0.2, 0.25) is 0 Å². The number of aryl methyl sites for hydroxylation is 1. The molecule has 0 aliphatic carbocycles. The minimum Gasteiger partial charge on any atom is -0.465 e. The Kier molecular flexibility index (Phi) is 6.27. The molecule has 2 heterocycles. The fourth-order valence-electron chi connectivity index (χ4n) is 2.90. The van der Waals surface area contributed by atoms with E-state index in [0.29, 0.717) is 6.04 Å². The smallest absolute Gasteiger partial charge is 0.118 e. The third kappa shape index (κ3) is 4.83. The lowest BCUT2D eigenvalue weighted by molar-refractivity contribution is 0.0988. The number of hydrogen-bond donors (Lipinski definition) is 1. The third-order valence-electron chi connectivity index (χ3n) is 4.33. The van der Waals surface area contributed by atoms with Crippen molar-refractivity contribution >= 4 is 0 Å². The van der Waals surface area contributed by atoms with Crippen LogP contribution in [0.15, 0.2) is 10.5 Å². The zero-order valence-electron chi connectivity index (χ0n) is 14.1.